The lowest BCUT2D eigenvalue weighted by molar-refractivity contribution is 0.189. The van der Waals surface area contributed by atoms with Crippen molar-refractivity contribution in [3.63, 3.8) is 0 Å². The van der Waals surface area contributed by atoms with Crippen LogP contribution < -0.4 is 10.1 Å². The normalized spacial score (nSPS) is 11.9. The molecule has 0 radical (unpaired) electrons. The van der Waals surface area contributed by atoms with Gasteiger partial charge in [0, 0.05) is 29.7 Å². The summed E-state index contributed by atoms with van der Waals surface area (Å²) in [4.78, 5) is 16.5. The zero-order valence-electron chi connectivity index (χ0n) is 19.6. The van der Waals surface area contributed by atoms with Crippen LogP contribution >= 0.6 is 23.2 Å². The van der Waals surface area contributed by atoms with Crippen molar-refractivity contribution in [2.45, 2.75) is 58.5 Å². The summed E-state index contributed by atoms with van der Waals surface area (Å²) in [5.41, 5.74) is 2.42. The number of carbonyl (C=O) groups is 1. The number of nitrogens with one attached hydrogen (secondary N) is 1. The summed E-state index contributed by atoms with van der Waals surface area (Å²) in [6.07, 6.45) is 5.33. The van der Waals surface area contributed by atoms with Gasteiger partial charge in [-0.1, -0.05) is 62.0 Å². The van der Waals surface area contributed by atoms with E-state index in [-0.39, 0.29) is 0 Å². The third-order valence-electron chi connectivity index (χ3n) is 5.51. The standard InChI is InChI=1S/C26H31Cl2N3O3/c1-3-5-13-31-17-24(21-12-9-19(27)16-22(21)28)29-25(31)23(30-26(32)33)15-18-7-10-20(11-8-18)34-14-6-4-2/h7-12,16-17,23,30H,3-6,13-15H2,1-2H3,(H,32,33)/t23-/m0/s1. The summed E-state index contributed by atoms with van der Waals surface area (Å²) in [6.45, 7) is 5.65. The lowest BCUT2D eigenvalue weighted by Crippen LogP contribution is -2.30. The van der Waals surface area contributed by atoms with Crippen LogP contribution in [0.3, 0.4) is 0 Å². The molecule has 2 N–H and O–H groups in total. The minimum atomic E-state index is -1.10. The smallest absolute Gasteiger partial charge is 0.405 e. The van der Waals surface area contributed by atoms with E-state index in [1.165, 1.54) is 0 Å². The minimum Gasteiger partial charge on any atom is -0.494 e. The molecule has 1 atom stereocenters. The van der Waals surface area contributed by atoms with Crippen LogP contribution in [-0.4, -0.2) is 27.4 Å². The Labute approximate surface area is 210 Å². The topological polar surface area (TPSA) is 76.4 Å². The van der Waals surface area contributed by atoms with Gasteiger partial charge in [-0.15, -0.1) is 0 Å². The number of benzene rings is 2. The molecule has 182 valence electrons. The lowest BCUT2D eigenvalue weighted by atomic mass is 10.0. The number of aromatic nitrogens is 2. The SMILES string of the molecule is CCCCOc1ccc(C[C@H](NC(=O)O)c2nc(-c3ccc(Cl)cc3Cl)cn2CCCC)cc1. The molecule has 0 aliphatic heterocycles. The molecule has 1 heterocycles. The fourth-order valence-corrected chi connectivity index (χ4v) is 4.20. The van der Waals surface area contributed by atoms with Crippen molar-refractivity contribution < 1.29 is 14.6 Å². The van der Waals surface area contributed by atoms with Gasteiger partial charge < -0.3 is 19.7 Å². The van der Waals surface area contributed by atoms with Gasteiger partial charge in [0.05, 0.1) is 23.4 Å². The average Bonchev–Trinajstić information content (AvgIpc) is 3.22. The summed E-state index contributed by atoms with van der Waals surface area (Å²) in [6, 6.07) is 12.5. The fourth-order valence-electron chi connectivity index (χ4n) is 3.69. The Kier molecular flexibility index (Phi) is 9.66. The van der Waals surface area contributed by atoms with Gasteiger partial charge >= 0.3 is 6.09 Å². The highest BCUT2D eigenvalue weighted by atomic mass is 35.5. The largest absolute Gasteiger partial charge is 0.494 e. The molecule has 2 aromatic carbocycles. The zero-order chi connectivity index (χ0) is 24.5. The van der Waals surface area contributed by atoms with Gasteiger partial charge in [0.2, 0.25) is 0 Å². The van der Waals surface area contributed by atoms with Crippen LogP contribution in [-0.2, 0) is 13.0 Å². The van der Waals surface area contributed by atoms with Gasteiger partial charge in [0.15, 0.2) is 0 Å². The average molecular weight is 504 g/mol. The molecule has 0 fully saturated rings. The van der Waals surface area contributed by atoms with Crippen molar-refractivity contribution in [2.24, 2.45) is 0 Å². The number of rotatable bonds is 12. The van der Waals surface area contributed by atoms with E-state index in [1.807, 2.05) is 41.1 Å². The molecule has 0 aliphatic rings. The first-order valence-corrected chi connectivity index (χ1v) is 12.4. The maximum atomic E-state index is 11.7. The van der Waals surface area contributed by atoms with E-state index in [4.69, 9.17) is 32.9 Å². The number of ether oxygens (including phenoxy) is 1. The monoisotopic (exact) mass is 503 g/mol. The van der Waals surface area contributed by atoms with E-state index in [0.29, 0.717) is 34.6 Å². The number of carboxylic acid groups (broad SMARTS) is 1. The molecule has 3 rings (SSSR count). The van der Waals surface area contributed by atoms with Crippen molar-refractivity contribution in [1.29, 1.82) is 0 Å². The van der Waals surface area contributed by atoms with Crippen LogP contribution in [0.4, 0.5) is 4.79 Å². The van der Waals surface area contributed by atoms with Gasteiger partial charge in [-0.05, 0) is 48.7 Å². The Morgan fingerprint density at radius 3 is 2.50 bits per heavy atom. The van der Waals surface area contributed by atoms with Crippen molar-refractivity contribution in [3.8, 4) is 17.0 Å². The van der Waals surface area contributed by atoms with E-state index in [2.05, 4.69) is 19.2 Å². The number of amides is 1. The number of imidazole rings is 1. The molecular weight excluding hydrogens is 473 g/mol. The van der Waals surface area contributed by atoms with Gasteiger partial charge in [0.1, 0.15) is 11.6 Å². The van der Waals surface area contributed by atoms with E-state index < -0.39 is 12.1 Å². The van der Waals surface area contributed by atoms with Gasteiger partial charge in [-0.3, -0.25) is 0 Å². The Balaban J connectivity index is 1.90. The molecule has 8 heteroatoms. The fraction of sp³-hybridized carbons (Fsp3) is 0.385. The molecule has 0 saturated carbocycles. The van der Waals surface area contributed by atoms with E-state index in [9.17, 15) is 9.90 Å². The molecule has 34 heavy (non-hydrogen) atoms. The number of unbranched alkanes of at least 4 members (excludes halogenated alkanes) is 2. The van der Waals surface area contributed by atoms with Gasteiger partial charge in [0.25, 0.3) is 0 Å². The molecular formula is C26H31Cl2N3O3. The maximum absolute atomic E-state index is 11.7. The van der Waals surface area contributed by atoms with Crippen LogP contribution in [0.5, 0.6) is 5.75 Å². The highest BCUT2D eigenvalue weighted by Gasteiger charge is 2.23. The third kappa shape index (κ3) is 7.15. The number of nitrogens with zero attached hydrogens (tertiary/aromatic N) is 2. The highest BCUT2D eigenvalue weighted by molar-refractivity contribution is 6.36. The molecule has 3 aromatic rings. The summed E-state index contributed by atoms with van der Waals surface area (Å²) < 4.78 is 7.76. The first kappa shape index (κ1) is 25.9. The first-order chi connectivity index (χ1) is 16.4. The second-order valence-electron chi connectivity index (χ2n) is 8.21. The van der Waals surface area contributed by atoms with Crippen molar-refractivity contribution in [3.05, 3.63) is 70.1 Å². The maximum Gasteiger partial charge on any atom is 0.405 e. The van der Waals surface area contributed by atoms with Crippen LogP contribution in [0, 0.1) is 0 Å². The molecule has 0 unspecified atom stereocenters. The number of halogens is 2. The van der Waals surface area contributed by atoms with Crippen LogP contribution in [0.2, 0.25) is 10.0 Å². The molecule has 0 spiro atoms. The molecule has 6 nitrogen and oxygen atoms in total. The number of hydrogen-bond donors (Lipinski definition) is 2. The summed E-state index contributed by atoms with van der Waals surface area (Å²) >= 11 is 12.5. The quantitative estimate of drug-likeness (QED) is 0.252. The molecule has 0 saturated heterocycles. The van der Waals surface area contributed by atoms with Crippen molar-refractivity contribution >= 4 is 29.3 Å². The molecule has 1 aromatic heterocycles. The van der Waals surface area contributed by atoms with Crippen molar-refractivity contribution in [1.82, 2.24) is 14.9 Å². The Morgan fingerprint density at radius 2 is 1.85 bits per heavy atom. The summed E-state index contributed by atoms with van der Waals surface area (Å²) in [5.74, 6) is 1.46. The Bertz CT molecular complexity index is 1080. The van der Waals surface area contributed by atoms with Crippen LogP contribution in [0.15, 0.2) is 48.7 Å². The molecule has 1 amide bonds. The predicted molar refractivity (Wildman–Crippen MR) is 137 cm³/mol. The van der Waals surface area contributed by atoms with Crippen LogP contribution in [0.1, 0.15) is 57.0 Å². The van der Waals surface area contributed by atoms with Gasteiger partial charge in [-0.2, -0.15) is 0 Å². The Hall–Kier alpha value is -2.70. The van der Waals surface area contributed by atoms with E-state index >= 15 is 0 Å². The third-order valence-corrected chi connectivity index (χ3v) is 6.05. The summed E-state index contributed by atoms with van der Waals surface area (Å²) in [7, 11) is 0. The summed E-state index contributed by atoms with van der Waals surface area (Å²) in [5, 5.41) is 13.3. The minimum absolute atomic E-state index is 0.457. The van der Waals surface area contributed by atoms with Crippen molar-refractivity contribution in [2.75, 3.05) is 6.61 Å². The molecule has 0 aliphatic carbocycles. The lowest BCUT2D eigenvalue weighted by Gasteiger charge is -2.18. The molecule has 0 bridgehead atoms. The predicted octanol–water partition coefficient (Wildman–Crippen LogP) is 7.39. The van der Waals surface area contributed by atoms with Gasteiger partial charge in [-0.25, -0.2) is 9.78 Å². The zero-order valence-corrected chi connectivity index (χ0v) is 21.1. The number of aryl methyl sites for hydroxylation is 1. The second kappa shape index (κ2) is 12.7. The number of hydrogen-bond acceptors (Lipinski definition) is 3. The first-order valence-electron chi connectivity index (χ1n) is 11.6. The second-order valence-corrected chi connectivity index (χ2v) is 9.05. The van der Waals surface area contributed by atoms with E-state index in [0.717, 1.165) is 49.1 Å². The Morgan fingerprint density at radius 1 is 1.12 bits per heavy atom. The van der Waals surface area contributed by atoms with Crippen LogP contribution in [0.25, 0.3) is 11.3 Å². The van der Waals surface area contributed by atoms with E-state index in [1.54, 1.807) is 12.1 Å². The highest BCUT2D eigenvalue weighted by Crippen LogP contribution is 2.31.